The lowest BCUT2D eigenvalue weighted by Crippen LogP contribution is -2.16. The van der Waals surface area contributed by atoms with E-state index in [0.29, 0.717) is 49.0 Å². The number of nitrogens with zero attached hydrogens (tertiary/aromatic N) is 1. The Hall–Kier alpha value is -3.98. The maximum absolute atomic E-state index is 13.6. The van der Waals surface area contributed by atoms with E-state index in [1.165, 1.54) is 12.1 Å². The third kappa shape index (κ3) is 4.81. The Bertz CT molecular complexity index is 1420. The fourth-order valence-corrected chi connectivity index (χ4v) is 5.02. The molecule has 4 aromatic rings. The van der Waals surface area contributed by atoms with Crippen LogP contribution >= 0.6 is 0 Å². The third-order valence-electron chi connectivity index (χ3n) is 5.55. The minimum atomic E-state index is -4.03. The van der Waals surface area contributed by atoms with Gasteiger partial charge in [-0.2, -0.15) is 4.98 Å². The number of sulfone groups is 1. The van der Waals surface area contributed by atoms with Crippen molar-refractivity contribution >= 4 is 15.7 Å². The molecule has 0 radical (unpaired) electrons. The summed E-state index contributed by atoms with van der Waals surface area (Å²) in [6, 6.07) is 21.5. The molecule has 3 aromatic carbocycles. The van der Waals surface area contributed by atoms with Crippen molar-refractivity contribution in [2.45, 2.75) is 16.3 Å². The van der Waals surface area contributed by atoms with Crippen LogP contribution in [0.5, 0.6) is 17.2 Å². The van der Waals surface area contributed by atoms with Crippen molar-refractivity contribution in [1.82, 2.24) is 4.98 Å². The lowest BCUT2D eigenvalue weighted by atomic mass is 10.1. The number of nitrogens with one attached hydrogen (secondary N) is 1. The lowest BCUT2D eigenvalue weighted by molar-refractivity contribution is 0.171. The van der Waals surface area contributed by atoms with Crippen LogP contribution < -0.4 is 19.5 Å². The van der Waals surface area contributed by atoms with E-state index in [-0.39, 0.29) is 21.7 Å². The summed E-state index contributed by atoms with van der Waals surface area (Å²) < 4.78 is 49.5. The molecule has 0 amide bonds. The van der Waals surface area contributed by atoms with Crippen LogP contribution in [0.15, 0.2) is 87.1 Å². The quantitative estimate of drug-likeness (QED) is 0.381. The predicted molar refractivity (Wildman–Crippen MR) is 130 cm³/mol. The number of oxazole rings is 1. The van der Waals surface area contributed by atoms with E-state index in [9.17, 15) is 8.42 Å². The van der Waals surface area contributed by atoms with Crippen molar-refractivity contribution in [3.63, 3.8) is 0 Å². The molecule has 1 aliphatic rings. The fraction of sp³-hybridized carbons (Fsp3) is 0.192. The van der Waals surface area contributed by atoms with E-state index in [1.54, 1.807) is 37.4 Å². The smallest absolute Gasteiger partial charge is 0.233 e. The SMILES string of the molecule is COc1ccc(-c2nc(S(=O)(=O)c3ccc4c(c3)OCCO4)c(NCCc3ccccc3)o2)cc1. The Morgan fingerprint density at radius 3 is 2.43 bits per heavy atom. The summed E-state index contributed by atoms with van der Waals surface area (Å²) in [5, 5.41) is 2.94. The second kappa shape index (κ2) is 9.71. The van der Waals surface area contributed by atoms with Crippen LogP contribution in [-0.2, 0) is 16.3 Å². The molecule has 0 saturated heterocycles. The summed E-state index contributed by atoms with van der Waals surface area (Å²) in [7, 11) is -2.45. The van der Waals surface area contributed by atoms with Crippen molar-refractivity contribution in [2.75, 3.05) is 32.2 Å². The average Bonchev–Trinajstić information content (AvgIpc) is 3.34. The van der Waals surface area contributed by atoms with Gasteiger partial charge in [0.1, 0.15) is 19.0 Å². The molecule has 0 unspecified atom stereocenters. The molecule has 0 aliphatic carbocycles. The molecule has 1 aromatic heterocycles. The first kappa shape index (κ1) is 22.8. The van der Waals surface area contributed by atoms with Gasteiger partial charge >= 0.3 is 0 Å². The molecule has 1 aliphatic heterocycles. The van der Waals surface area contributed by atoms with E-state index in [4.69, 9.17) is 18.6 Å². The summed E-state index contributed by atoms with van der Waals surface area (Å²) in [5.74, 6) is 1.84. The molecule has 180 valence electrons. The highest BCUT2D eigenvalue weighted by atomic mass is 32.2. The van der Waals surface area contributed by atoms with Crippen molar-refractivity contribution in [3.05, 3.63) is 78.4 Å². The van der Waals surface area contributed by atoms with Crippen LogP contribution in [0, 0.1) is 0 Å². The fourth-order valence-electron chi connectivity index (χ4n) is 3.72. The van der Waals surface area contributed by atoms with Crippen LogP contribution in [0.25, 0.3) is 11.5 Å². The Labute approximate surface area is 203 Å². The molecule has 0 bridgehead atoms. The second-order valence-electron chi connectivity index (χ2n) is 7.85. The molecule has 0 spiro atoms. The highest BCUT2D eigenvalue weighted by molar-refractivity contribution is 7.91. The van der Waals surface area contributed by atoms with Gasteiger partial charge in [0.05, 0.1) is 12.0 Å². The van der Waals surface area contributed by atoms with Gasteiger partial charge < -0.3 is 23.9 Å². The zero-order chi connectivity index (χ0) is 24.3. The Morgan fingerprint density at radius 2 is 1.69 bits per heavy atom. The minimum absolute atomic E-state index is 0.0439. The number of methoxy groups -OCH3 is 1. The number of hydrogen-bond donors (Lipinski definition) is 1. The summed E-state index contributed by atoms with van der Waals surface area (Å²) in [4.78, 5) is 4.44. The molecule has 35 heavy (non-hydrogen) atoms. The highest BCUT2D eigenvalue weighted by Crippen LogP contribution is 2.37. The number of benzene rings is 3. The van der Waals surface area contributed by atoms with E-state index >= 15 is 0 Å². The van der Waals surface area contributed by atoms with E-state index in [1.807, 2.05) is 30.3 Å². The molecule has 0 atom stereocenters. The molecular weight excluding hydrogens is 468 g/mol. The number of rotatable bonds is 8. The minimum Gasteiger partial charge on any atom is -0.497 e. The van der Waals surface area contributed by atoms with Gasteiger partial charge in [0.2, 0.25) is 26.6 Å². The number of anilines is 1. The summed E-state index contributed by atoms with van der Waals surface area (Å²) in [6.07, 6.45) is 0.683. The number of ether oxygens (including phenoxy) is 3. The predicted octanol–water partition coefficient (Wildman–Crippen LogP) is 4.61. The Morgan fingerprint density at radius 1 is 0.943 bits per heavy atom. The first-order valence-electron chi connectivity index (χ1n) is 11.1. The van der Waals surface area contributed by atoms with E-state index in [0.717, 1.165) is 5.56 Å². The van der Waals surface area contributed by atoms with Gasteiger partial charge in [0, 0.05) is 18.2 Å². The summed E-state index contributed by atoms with van der Waals surface area (Å²) >= 11 is 0. The zero-order valence-corrected chi connectivity index (χ0v) is 19.9. The van der Waals surface area contributed by atoms with Gasteiger partial charge in [-0.3, -0.25) is 0 Å². The van der Waals surface area contributed by atoms with Crippen molar-refractivity contribution in [2.24, 2.45) is 0 Å². The standard InChI is InChI=1S/C26H24N2O6S/c1-31-20-9-7-19(8-10-20)24-28-26(25(34-24)27-14-13-18-5-3-2-4-6-18)35(29,30)21-11-12-22-23(17-21)33-16-15-32-22/h2-12,17,27H,13-16H2,1H3. The molecule has 1 N–H and O–H groups in total. The van der Waals surface area contributed by atoms with Crippen LogP contribution in [0.1, 0.15) is 5.56 Å². The van der Waals surface area contributed by atoms with Crippen LogP contribution in [0.2, 0.25) is 0 Å². The average molecular weight is 493 g/mol. The van der Waals surface area contributed by atoms with Gasteiger partial charge in [-0.05, 0) is 48.4 Å². The van der Waals surface area contributed by atoms with Gasteiger partial charge in [0.25, 0.3) is 0 Å². The molecular formula is C26H24N2O6S. The molecule has 2 heterocycles. The summed E-state index contributed by atoms with van der Waals surface area (Å²) in [6.45, 7) is 1.24. The van der Waals surface area contributed by atoms with Crippen LogP contribution in [-0.4, -0.2) is 40.3 Å². The lowest BCUT2D eigenvalue weighted by Gasteiger charge is -2.18. The maximum Gasteiger partial charge on any atom is 0.233 e. The number of aromatic nitrogens is 1. The Kier molecular flexibility index (Phi) is 6.33. The van der Waals surface area contributed by atoms with Gasteiger partial charge in [-0.15, -0.1) is 0 Å². The number of hydrogen-bond acceptors (Lipinski definition) is 8. The van der Waals surface area contributed by atoms with E-state index < -0.39 is 9.84 Å². The Balaban J connectivity index is 1.50. The van der Waals surface area contributed by atoms with Crippen molar-refractivity contribution in [3.8, 4) is 28.7 Å². The molecule has 8 nitrogen and oxygen atoms in total. The number of fused-ring (bicyclic) bond motifs is 1. The first-order chi connectivity index (χ1) is 17.0. The van der Waals surface area contributed by atoms with E-state index in [2.05, 4.69) is 10.3 Å². The van der Waals surface area contributed by atoms with Crippen LogP contribution in [0.3, 0.4) is 0 Å². The molecule has 5 rings (SSSR count). The highest BCUT2D eigenvalue weighted by Gasteiger charge is 2.30. The largest absolute Gasteiger partial charge is 0.497 e. The summed E-state index contributed by atoms with van der Waals surface area (Å²) in [5.41, 5.74) is 1.74. The topological polar surface area (TPSA) is 99.9 Å². The zero-order valence-electron chi connectivity index (χ0n) is 19.1. The maximum atomic E-state index is 13.6. The molecule has 0 saturated carbocycles. The van der Waals surface area contributed by atoms with Crippen molar-refractivity contribution < 1.29 is 27.0 Å². The van der Waals surface area contributed by atoms with Gasteiger partial charge in [-0.25, -0.2) is 8.42 Å². The monoisotopic (exact) mass is 492 g/mol. The van der Waals surface area contributed by atoms with Crippen LogP contribution in [0.4, 0.5) is 5.88 Å². The molecule has 9 heteroatoms. The third-order valence-corrected chi connectivity index (χ3v) is 7.21. The molecule has 0 fully saturated rings. The second-order valence-corrected chi connectivity index (χ2v) is 9.72. The van der Waals surface area contributed by atoms with Gasteiger partial charge in [-0.1, -0.05) is 30.3 Å². The van der Waals surface area contributed by atoms with Gasteiger partial charge in [0.15, 0.2) is 11.5 Å². The van der Waals surface area contributed by atoms with Crippen molar-refractivity contribution in [1.29, 1.82) is 0 Å². The first-order valence-corrected chi connectivity index (χ1v) is 12.6. The normalized spacial score (nSPS) is 12.8.